The van der Waals surface area contributed by atoms with Crippen molar-refractivity contribution in [2.75, 3.05) is 13.2 Å². The van der Waals surface area contributed by atoms with Gasteiger partial charge in [0.25, 0.3) is 5.56 Å². The molecule has 0 saturated heterocycles. The van der Waals surface area contributed by atoms with E-state index in [-0.39, 0.29) is 37.2 Å². The average molecular weight is 328 g/mol. The summed E-state index contributed by atoms with van der Waals surface area (Å²) in [5.74, 6) is -1.41. The number of nitrogens with one attached hydrogen (secondary N) is 1. The van der Waals surface area contributed by atoms with Crippen molar-refractivity contribution in [2.45, 2.75) is 19.8 Å². The summed E-state index contributed by atoms with van der Waals surface area (Å²) in [6.07, 6.45) is -0.184. The Morgan fingerprint density at radius 1 is 1.25 bits per heavy atom. The smallest absolute Gasteiger partial charge is 0.344 e. The fraction of sp³-hybridized carbons (Fsp3) is 0.294. The van der Waals surface area contributed by atoms with Crippen LogP contribution in [0, 0.1) is 11.3 Å². The third-order valence-electron chi connectivity index (χ3n) is 3.31. The largest absolute Gasteiger partial charge is 0.464 e. The number of hydrogen-bond donors (Lipinski definition) is 1. The molecule has 0 fully saturated rings. The Balaban J connectivity index is 2.49. The number of para-hydroxylation sites is 1. The number of nitrogens with zero attached hydrogens (tertiary/aromatic N) is 1. The first kappa shape index (κ1) is 17.2. The lowest BCUT2D eigenvalue weighted by atomic mass is 10.0. The second kappa shape index (κ2) is 7.92. The van der Waals surface area contributed by atoms with E-state index in [9.17, 15) is 14.4 Å². The number of pyridine rings is 1. The maximum absolute atomic E-state index is 12.3. The quantitative estimate of drug-likeness (QED) is 0.638. The monoisotopic (exact) mass is 328 g/mol. The molecule has 0 bridgehead atoms. The normalized spacial score (nSPS) is 10.2. The second-order valence-electron chi connectivity index (χ2n) is 4.88. The minimum Gasteiger partial charge on any atom is -0.464 e. The molecule has 0 aliphatic rings. The highest BCUT2D eigenvalue weighted by Crippen LogP contribution is 2.20. The lowest BCUT2D eigenvalue weighted by molar-refractivity contribution is -0.142. The van der Waals surface area contributed by atoms with Gasteiger partial charge in [0, 0.05) is 10.9 Å². The summed E-state index contributed by atoms with van der Waals surface area (Å²) in [6.45, 7) is 1.70. The van der Waals surface area contributed by atoms with Gasteiger partial charge in [0.15, 0.2) is 0 Å². The topological polar surface area (TPSA) is 109 Å². The van der Waals surface area contributed by atoms with E-state index < -0.39 is 17.5 Å². The van der Waals surface area contributed by atoms with Crippen molar-refractivity contribution < 1.29 is 19.1 Å². The van der Waals surface area contributed by atoms with E-state index in [4.69, 9.17) is 14.7 Å². The average Bonchev–Trinajstić information content (AvgIpc) is 2.55. The van der Waals surface area contributed by atoms with E-state index in [1.807, 2.05) is 6.07 Å². The molecule has 7 heteroatoms. The summed E-state index contributed by atoms with van der Waals surface area (Å²) in [5.41, 5.74) is -0.0510. The van der Waals surface area contributed by atoms with Crippen molar-refractivity contribution in [2.24, 2.45) is 0 Å². The molecule has 0 aliphatic carbocycles. The minimum absolute atomic E-state index is 0.0365. The van der Waals surface area contributed by atoms with Crippen LogP contribution in [-0.2, 0) is 20.7 Å². The molecule has 24 heavy (non-hydrogen) atoms. The molecule has 7 nitrogen and oxygen atoms in total. The van der Waals surface area contributed by atoms with E-state index in [1.165, 1.54) is 0 Å². The number of H-pyrrole nitrogens is 1. The fourth-order valence-electron chi connectivity index (χ4n) is 2.32. The van der Waals surface area contributed by atoms with Gasteiger partial charge >= 0.3 is 11.9 Å². The van der Waals surface area contributed by atoms with Crippen LogP contribution in [0.1, 0.15) is 29.3 Å². The molecule has 0 saturated carbocycles. The highest BCUT2D eigenvalue weighted by Gasteiger charge is 2.22. The Kier molecular flexibility index (Phi) is 5.68. The van der Waals surface area contributed by atoms with Crippen LogP contribution >= 0.6 is 0 Å². The molecule has 2 aromatic rings. The third-order valence-corrected chi connectivity index (χ3v) is 3.31. The van der Waals surface area contributed by atoms with Crippen molar-refractivity contribution in [1.82, 2.24) is 4.98 Å². The van der Waals surface area contributed by atoms with E-state index in [0.717, 1.165) is 0 Å². The molecular weight excluding hydrogens is 312 g/mol. The Labute approximate surface area is 137 Å². The predicted octanol–water partition coefficient (Wildman–Crippen LogP) is 1.70. The van der Waals surface area contributed by atoms with Crippen molar-refractivity contribution in [3.63, 3.8) is 0 Å². The first-order valence-electron chi connectivity index (χ1n) is 7.42. The van der Waals surface area contributed by atoms with Gasteiger partial charge in [0.05, 0.1) is 25.5 Å². The van der Waals surface area contributed by atoms with Gasteiger partial charge in [0.1, 0.15) is 12.2 Å². The molecular formula is C17H16N2O5. The number of fused-ring (bicyclic) bond motifs is 1. The van der Waals surface area contributed by atoms with Crippen LogP contribution in [0.4, 0.5) is 0 Å². The van der Waals surface area contributed by atoms with E-state index in [2.05, 4.69) is 4.98 Å². The van der Waals surface area contributed by atoms with E-state index in [0.29, 0.717) is 10.9 Å². The first-order valence-corrected chi connectivity index (χ1v) is 7.42. The highest BCUT2D eigenvalue weighted by molar-refractivity contribution is 5.98. The molecule has 2 rings (SSSR count). The number of aromatic nitrogens is 1. The molecule has 0 unspecified atom stereocenters. The summed E-state index contributed by atoms with van der Waals surface area (Å²) in [4.78, 5) is 39.0. The zero-order chi connectivity index (χ0) is 17.5. The number of carbonyl (C=O) groups is 2. The van der Waals surface area contributed by atoms with Gasteiger partial charge in [-0.15, -0.1) is 0 Å². The van der Waals surface area contributed by atoms with Crippen molar-refractivity contribution >= 4 is 22.8 Å². The lowest BCUT2D eigenvalue weighted by Gasteiger charge is -2.11. The van der Waals surface area contributed by atoms with E-state index in [1.54, 1.807) is 31.2 Å². The van der Waals surface area contributed by atoms with Gasteiger partial charge in [0.2, 0.25) is 0 Å². The maximum atomic E-state index is 12.3. The minimum atomic E-state index is -0.788. The number of aromatic amines is 1. The summed E-state index contributed by atoms with van der Waals surface area (Å²) in [5, 5.41) is 9.04. The molecule has 1 N–H and O–H groups in total. The van der Waals surface area contributed by atoms with Gasteiger partial charge in [-0.05, 0) is 18.6 Å². The molecule has 0 radical (unpaired) electrons. The van der Waals surface area contributed by atoms with Crippen molar-refractivity contribution in [3.8, 4) is 6.07 Å². The molecule has 1 aromatic carbocycles. The van der Waals surface area contributed by atoms with Crippen molar-refractivity contribution in [1.29, 1.82) is 5.26 Å². The van der Waals surface area contributed by atoms with Gasteiger partial charge in [-0.1, -0.05) is 18.2 Å². The Morgan fingerprint density at radius 2 is 2.00 bits per heavy atom. The predicted molar refractivity (Wildman–Crippen MR) is 85.4 cm³/mol. The number of rotatable bonds is 6. The number of hydrogen-bond acceptors (Lipinski definition) is 6. The van der Waals surface area contributed by atoms with Crippen LogP contribution in [0.15, 0.2) is 29.1 Å². The van der Waals surface area contributed by atoms with Crippen LogP contribution < -0.4 is 5.56 Å². The molecule has 1 heterocycles. The number of esters is 2. The Bertz CT molecular complexity index is 863. The van der Waals surface area contributed by atoms with Crippen LogP contribution in [0.3, 0.4) is 0 Å². The zero-order valence-electron chi connectivity index (χ0n) is 13.1. The Morgan fingerprint density at radius 3 is 2.71 bits per heavy atom. The summed E-state index contributed by atoms with van der Waals surface area (Å²) < 4.78 is 9.87. The van der Waals surface area contributed by atoms with Crippen LogP contribution in [0.2, 0.25) is 0 Å². The summed E-state index contributed by atoms with van der Waals surface area (Å²) in [6, 6.07) is 8.71. The SMILES string of the molecule is CCOC(=O)c1c(CC(=O)OCCC#N)c2ccccc2[nH]c1=O. The number of carbonyl (C=O) groups excluding carboxylic acids is 2. The Hall–Kier alpha value is -3.14. The standard InChI is InChI=1S/C17H16N2O5/c1-2-23-17(22)15-12(10-14(20)24-9-5-8-18)11-6-3-4-7-13(11)19-16(15)21/h3-4,6-7H,2,5,9-10H2,1H3,(H,19,21). The third kappa shape index (κ3) is 3.79. The van der Waals surface area contributed by atoms with Crippen LogP contribution in [0.5, 0.6) is 0 Å². The molecule has 124 valence electrons. The highest BCUT2D eigenvalue weighted by atomic mass is 16.5. The fourth-order valence-corrected chi connectivity index (χ4v) is 2.32. The zero-order valence-corrected chi connectivity index (χ0v) is 13.1. The molecule has 0 spiro atoms. The number of benzene rings is 1. The van der Waals surface area contributed by atoms with Crippen molar-refractivity contribution in [3.05, 3.63) is 45.7 Å². The van der Waals surface area contributed by atoms with Crippen LogP contribution in [0.25, 0.3) is 10.9 Å². The first-order chi connectivity index (χ1) is 11.6. The summed E-state index contributed by atoms with van der Waals surface area (Å²) in [7, 11) is 0. The van der Waals surface area contributed by atoms with Gasteiger partial charge in [-0.3, -0.25) is 9.59 Å². The summed E-state index contributed by atoms with van der Waals surface area (Å²) >= 11 is 0. The molecule has 1 aromatic heterocycles. The van der Waals surface area contributed by atoms with E-state index >= 15 is 0 Å². The van der Waals surface area contributed by atoms with Gasteiger partial charge in [-0.25, -0.2) is 4.79 Å². The molecule has 0 aliphatic heterocycles. The van der Waals surface area contributed by atoms with Crippen LogP contribution in [-0.4, -0.2) is 30.1 Å². The number of ether oxygens (including phenoxy) is 2. The second-order valence-corrected chi connectivity index (χ2v) is 4.88. The van der Waals surface area contributed by atoms with Gasteiger partial charge < -0.3 is 14.5 Å². The maximum Gasteiger partial charge on any atom is 0.344 e. The molecule has 0 atom stereocenters. The molecule has 0 amide bonds. The lowest BCUT2D eigenvalue weighted by Crippen LogP contribution is -2.24. The van der Waals surface area contributed by atoms with Gasteiger partial charge in [-0.2, -0.15) is 5.26 Å². The number of nitriles is 1.